The maximum Gasteiger partial charge on any atom is -0.00201 e. The highest BCUT2D eigenvalue weighted by molar-refractivity contribution is 6.25. The van der Waals surface area contributed by atoms with E-state index >= 15 is 0 Å². The highest BCUT2D eigenvalue weighted by Crippen LogP contribution is 2.48. The van der Waals surface area contributed by atoms with Crippen LogP contribution in [0.4, 0.5) is 0 Å². The van der Waals surface area contributed by atoms with Crippen molar-refractivity contribution < 1.29 is 0 Å². The van der Waals surface area contributed by atoms with Crippen molar-refractivity contribution >= 4 is 75.4 Å². The molecule has 0 aromatic heterocycles. The van der Waals surface area contributed by atoms with Gasteiger partial charge in [0, 0.05) is 0 Å². The van der Waals surface area contributed by atoms with Crippen molar-refractivity contribution in [2.75, 3.05) is 0 Å². The Hall–Kier alpha value is -8.32. The van der Waals surface area contributed by atoms with Crippen molar-refractivity contribution in [3.05, 3.63) is 243 Å². The van der Waals surface area contributed by atoms with Gasteiger partial charge in [0.2, 0.25) is 0 Å². The van der Waals surface area contributed by atoms with Crippen LogP contribution in [0.15, 0.2) is 243 Å². The summed E-state index contributed by atoms with van der Waals surface area (Å²) in [6, 6.07) is 89.8. The van der Waals surface area contributed by atoms with Crippen molar-refractivity contribution in [3.63, 3.8) is 0 Å². The third kappa shape index (κ3) is 5.70. The summed E-state index contributed by atoms with van der Waals surface area (Å²) in [6.07, 6.45) is 0. The Balaban J connectivity index is 0.951. The van der Waals surface area contributed by atoms with E-state index in [-0.39, 0.29) is 0 Å². The Labute approximate surface area is 371 Å². The highest BCUT2D eigenvalue weighted by Gasteiger charge is 2.20. The van der Waals surface area contributed by atoms with Crippen LogP contribution in [0.5, 0.6) is 0 Å². The summed E-state index contributed by atoms with van der Waals surface area (Å²) in [6.45, 7) is 0. The summed E-state index contributed by atoms with van der Waals surface area (Å²) < 4.78 is 0. The van der Waals surface area contributed by atoms with E-state index in [0.29, 0.717) is 0 Å². The molecule has 13 rings (SSSR count). The molecule has 0 fully saturated rings. The second kappa shape index (κ2) is 14.7. The minimum atomic E-state index is 1.21. The molecule has 0 bridgehead atoms. The molecule has 0 unspecified atom stereocenters. The number of hydrogen-bond acceptors (Lipinski definition) is 0. The van der Waals surface area contributed by atoms with Gasteiger partial charge in [-0.15, -0.1) is 0 Å². The van der Waals surface area contributed by atoms with E-state index in [1.165, 1.54) is 131 Å². The average molecular weight is 809 g/mol. The van der Waals surface area contributed by atoms with Crippen LogP contribution in [0.2, 0.25) is 0 Å². The van der Waals surface area contributed by atoms with Gasteiger partial charge in [-0.1, -0.05) is 224 Å². The Morgan fingerprint density at radius 2 is 0.500 bits per heavy atom. The molecule has 0 amide bonds. The van der Waals surface area contributed by atoms with Crippen molar-refractivity contribution in [2.24, 2.45) is 0 Å². The lowest BCUT2D eigenvalue weighted by Crippen LogP contribution is -1.92. The first-order valence-corrected chi connectivity index (χ1v) is 22.2. The van der Waals surface area contributed by atoms with E-state index in [1.807, 2.05) is 0 Å². The SMILES string of the molecule is c1ccc(-c2c3ccccc3c(-c3cccc4cc(-c5ccc6c(-c7c8ccccc8c(-c8ccc9ccccc9c8)c8ccccc78)cccc6c5)ccc34)c3ccccc23)cc1. The normalized spacial score (nSPS) is 11.8. The van der Waals surface area contributed by atoms with Gasteiger partial charge < -0.3 is 0 Å². The summed E-state index contributed by atoms with van der Waals surface area (Å²) in [4.78, 5) is 0. The lowest BCUT2D eigenvalue weighted by molar-refractivity contribution is 1.65. The van der Waals surface area contributed by atoms with Crippen LogP contribution in [0.25, 0.3) is 131 Å². The standard InChI is InChI=1S/C64H40/c1-2-17-42(18-3-1)61-53-22-6-10-26-57(53)63(58-27-11-7-23-54(58)61)51-30-14-20-46-38-44(34-36-49(46)51)45-35-37-50-47(39-45)21-15-31-52(50)64-59-28-12-8-24-55(59)62(56-25-9-13-29-60(56)64)48-33-32-41-16-4-5-19-43(41)40-48/h1-40H. The number of benzene rings is 13. The van der Waals surface area contributed by atoms with Gasteiger partial charge >= 0.3 is 0 Å². The molecule has 0 aliphatic heterocycles. The molecule has 0 aliphatic rings. The van der Waals surface area contributed by atoms with Gasteiger partial charge in [-0.05, 0) is 149 Å². The van der Waals surface area contributed by atoms with Gasteiger partial charge in [-0.2, -0.15) is 0 Å². The molecule has 296 valence electrons. The van der Waals surface area contributed by atoms with Gasteiger partial charge in [0.15, 0.2) is 0 Å². The van der Waals surface area contributed by atoms with E-state index in [1.54, 1.807) is 0 Å². The molecule has 0 spiro atoms. The fourth-order valence-electron chi connectivity index (χ4n) is 10.8. The van der Waals surface area contributed by atoms with E-state index < -0.39 is 0 Å². The first-order valence-electron chi connectivity index (χ1n) is 22.2. The highest BCUT2D eigenvalue weighted by atomic mass is 14.2. The van der Waals surface area contributed by atoms with E-state index in [0.717, 1.165) is 0 Å². The quantitative estimate of drug-likeness (QED) is 0.152. The maximum atomic E-state index is 2.38. The molecule has 0 N–H and O–H groups in total. The Morgan fingerprint density at radius 1 is 0.156 bits per heavy atom. The molecule has 0 saturated heterocycles. The molecule has 0 heteroatoms. The fraction of sp³-hybridized carbons (Fsp3) is 0. The molecule has 64 heavy (non-hydrogen) atoms. The molecule has 0 saturated carbocycles. The zero-order valence-corrected chi connectivity index (χ0v) is 35.1. The van der Waals surface area contributed by atoms with E-state index in [4.69, 9.17) is 0 Å². The predicted molar refractivity (Wildman–Crippen MR) is 276 cm³/mol. The third-order valence-electron chi connectivity index (χ3n) is 13.6. The first kappa shape index (κ1) is 36.3. The van der Waals surface area contributed by atoms with Crippen molar-refractivity contribution in [3.8, 4) is 55.6 Å². The zero-order chi connectivity index (χ0) is 42.1. The molecular weight excluding hydrogens is 769 g/mol. The van der Waals surface area contributed by atoms with Crippen molar-refractivity contribution in [2.45, 2.75) is 0 Å². The van der Waals surface area contributed by atoms with Gasteiger partial charge in [0.1, 0.15) is 0 Å². The summed E-state index contributed by atoms with van der Waals surface area (Å²) >= 11 is 0. The summed E-state index contributed by atoms with van der Waals surface area (Å²) in [5.74, 6) is 0. The molecule has 0 radical (unpaired) electrons. The van der Waals surface area contributed by atoms with Gasteiger partial charge in [-0.3, -0.25) is 0 Å². The van der Waals surface area contributed by atoms with Gasteiger partial charge in [-0.25, -0.2) is 0 Å². The second-order valence-electron chi connectivity index (χ2n) is 17.1. The summed E-state index contributed by atoms with van der Waals surface area (Å²) in [7, 11) is 0. The molecule has 0 nitrogen and oxygen atoms in total. The Kier molecular flexibility index (Phi) is 8.32. The van der Waals surface area contributed by atoms with Crippen LogP contribution in [0, 0.1) is 0 Å². The molecule has 13 aromatic carbocycles. The lowest BCUT2D eigenvalue weighted by atomic mass is 9.84. The van der Waals surface area contributed by atoms with Crippen LogP contribution in [-0.4, -0.2) is 0 Å². The number of rotatable bonds is 5. The van der Waals surface area contributed by atoms with Gasteiger partial charge in [0.05, 0.1) is 0 Å². The smallest absolute Gasteiger partial charge is 0.00201 e. The maximum absolute atomic E-state index is 2.38. The van der Waals surface area contributed by atoms with E-state index in [2.05, 4.69) is 243 Å². The largest absolute Gasteiger partial charge is 0.0622 e. The molecule has 0 heterocycles. The third-order valence-corrected chi connectivity index (χ3v) is 13.6. The Bertz CT molecular complexity index is 3890. The first-order chi connectivity index (χ1) is 31.8. The number of fused-ring (bicyclic) bond motifs is 7. The fourth-order valence-corrected chi connectivity index (χ4v) is 10.8. The van der Waals surface area contributed by atoms with Crippen molar-refractivity contribution in [1.82, 2.24) is 0 Å². The van der Waals surface area contributed by atoms with Crippen LogP contribution in [0.3, 0.4) is 0 Å². The van der Waals surface area contributed by atoms with Gasteiger partial charge in [0.25, 0.3) is 0 Å². The molecular formula is C64H40. The lowest BCUT2D eigenvalue weighted by Gasteiger charge is -2.19. The van der Waals surface area contributed by atoms with Crippen LogP contribution >= 0.6 is 0 Å². The van der Waals surface area contributed by atoms with E-state index in [9.17, 15) is 0 Å². The Morgan fingerprint density at radius 3 is 0.969 bits per heavy atom. The molecule has 0 atom stereocenters. The monoisotopic (exact) mass is 808 g/mol. The average Bonchev–Trinajstić information content (AvgIpc) is 3.36. The second-order valence-corrected chi connectivity index (χ2v) is 17.1. The predicted octanol–water partition coefficient (Wildman–Crippen LogP) is 18.1. The van der Waals surface area contributed by atoms with Crippen LogP contribution in [0.1, 0.15) is 0 Å². The summed E-state index contributed by atoms with van der Waals surface area (Å²) in [5.41, 5.74) is 12.5. The van der Waals surface area contributed by atoms with Crippen LogP contribution in [-0.2, 0) is 0 Å². The topological polar surface area (TPSA) is 0 Å². The van der Waals surface area contributed by atoms with Crippen LogP contribution < -0.4 is 0 Å². The summed E-state index contributed by atoms with van der Waals surface area (Å²) in [5, 5.41) is 17.6. The zero-order valence-electron chi connectivity index (χ0n) is 35.1. The molecule has 13 aromatic rings. The minimum absolute atomic E-state index is 1.21. The molecule has 0 aliphatic carbocycles. The number of hydrogen-bond donors (Lipinski definition) is 0. The van der Waals surface area contributed by atoms with Crippen molar-refractivity contribution in [1.29, 1.82) is 0 Å². The minimum Gasteiger partial charge on any atom is -0.0622 e.